The average Bonchev–Trinajstić information content (AvgIpc) is 3.11. The Morgan fingerprint density at radius 3 is 2.45 bits per heavy atom. The van der Waals surface area contributed by atoms with E-state index in [9.17, 15) is 14.4 Å². The number of rotatable bonds is 9. The molecule has 38 heavy (non-hydrogen) atoms. The molecule has 0 radical (unpaired) electrons. The van der Waals surface area contributed by atoms with Gasteiger partial charge in [-0.3, -0.25) is 19.3 Å². The Morgan fingerprint density at radius 2 is 1.74 bits per heavy atom. The third-order valence-corrected chi connectivity index (χ3v) is 6.86. The molecule has 1 aliphatic rings. The molecule has 0 atom stereocenters. The van der Waals surface area contributed by atoms with Gasteiger partial charge in [-0.1, -0.05) is 41.9 Å². The maximum atomic E-state index is 13.0. The molecule has 0 spiro atoms. The van der Waals surface area contributed by atoms with Crippen molar-refractivity contribution in [2.24, 2.45) is 0 Å². The zero-order valence-electron chi connectivity index (χ0n) is 21.2. The highest BCUT2D eigenvalue weighted by Gasteiger charge is 2.36. The molecule has 0 saturated carbocycles. The summed E-state index contributed by atoms with van der Waals surface area (Å²) in [6.07, 6.45) is 1.60. The van der Waals surface area contributed by atoms with E-state index in [0.717, 1.165) is 33.4 Å². The van der Waals surface area contributed by atoms with E-state index in [2.05, 4.69) is 5.32 Å². The number of thioether (sulfide) groups is 1. The van der Waals surface area contributed by atoms with Crippen molar-refractivity contribution in [3.63, 3.8) is 0 Å². The van der Waals surface area contributed by atoms with E-state index < -0.39 is 17.1 Å². The van der Waals surface area contributed by atoms with Crippen LogP contribution in [0.2, 0.25) is 5.02 Å². The number of amides is 3. The number of nitrogens with zero attached hydrogens (tertiary/aromatic N) is 1. The van der Waals surface area contributed by atoms with Crippen LogP contribution in [0.25, 0.3) is 6.08 Å². The topological polar surface area (TPSA) is 84.9 Å². The predicted octanol–water partition coefficient (Wildman–Crippen LogP) is 6.61. The van der Waals surface area contributed by atoms with E-state index >= 15 is 0 Å². The van der Waals surface area contributed by atoms with E-state index in [1.54, 1.807) is 30.3 Å². The number of imide groups is 1. The number of hydrogen-bond acceptors (Lipinski definition) is 6. The van der Waals surface area contributed by atoms with Crippen molar-refractivity contribution in [2.75, 3.05) is 18.5 Å². The molecule has 0 aliphatic carbocycles. The molecule has 7 nitrogen and oxygen atoms in total. The molecule has 1 fully saturated rings. The molecule has 3 aromatic rings. The number of anilines is 1. The second-order valence-corrected chi connectivity index (χ2v) is 10.1. The number of carbonyl (C=O) groups is 3. The summed E-state index contributed by atoms with van der Waals surface area (Å²) in [7, 11) is 0. The SMILES string of the molecule is CCOc1cc(/C=C2/SC(=O)N(CC(=O)Nc3cc(C)cc(C)c3)C2=O)ccc1OCc1ccccc1Cl. The van der Waals surface area contributed by atoms with Gasteiger partial charge in [0.05, 0.1) is 11.5 Å². The number of halogens is 1. The van der Waals surface area contributed by atoms with Crippen LogP contribution in [0.5, 0.6) is 11.5 Å². The van der Waals surface area contributed by atoms with Crippen LogP contribution in [0, 0.1) is 13.8 Å². The van der Waals surface area contributed by atoms with Crippen molar-refractivity contribution < 1.29 is 23.9 Å². The first-order valence-corrected chi connectivity index (χ1v) is 13.2. The number of hydrogen-bond donors (Lipinski definition) is 1. The molecule has 1 aliphatic heterocycles. The molecule has 0 unspecified atom stereocenters. The van der Waals surface area contributed by atoms with E-state index in [-0.39, 0.29) is 18.1 Å². The molecule has 3 amide bonds. The number of carbonyl (C=O) groups excluding carboxylic acids is 3. The molecular weight excluding hydrogens is 524 g/mol. The fourth-order valence-electron chi connectivity index (χ4n) is 3.95. The Kier molecular flexibility index (Phi) is 8.76. The van der Waals surface area contributed by atoms with Gasteiger partial charge in [-0.2, -0.15) is 0 Å². The van der Waals surface area contributed by atoms with Crippen LogP contribution < -0.4 is 14.8 Å². The molecule has 9 heteroatoms. The Balaban J connectivity index is 1.45. The van der Waals surface area contributed by atoms with Gasteiger partial charge < -0.3 is 14.8 Å². The fourth-order valence-corrected chi connectivity index (χ4v) is 4.98. The van der Waals surface area contributed by atoms with Crippen LogP contribution in [-0.2, 0) is 16.2 Å². The quantitative estimate of drug-likeness (QED) is 0.302. The van der Waals surface area contributed by atoms with Gasteiger partial charge in [0.25, 0.3) is 11.1 Å². The lowest BCUT2D eigenvalue weighted by Crippen LogP contribution is -2.36. The monoisotopic (exact) mass is 550 g/mol. The lowest BCUT2D eigenvalue weighted by Gasteiger charge is -2.14. The van der Waals surface area contributed by atoms with Gasteiger partial charge in [0, 0.05) is 16.3 Å². The maximum Gasteiger partial charge on any atom is 0.294 e. The van der Waals surface area contributed by atoms with Crippen molar-refractivity contribution in [3.05, 3.63) is 92.8 Å². The van der Waals surface area contributed by atoms with Crippen LogP contribution in [0.1, 0.15) is 29.2 Å². The van der Waals surface area contributed by atoms with Gasteiger partial charge in [-0.05, 0) is 85.6 Å². The number of ether oxygens (including phenoxy) is 2. The summed E-state index contributed by atoms with van der Waals surface area (Å²) in [4.78, 5) is 39.2. The van der Waals surface area contributed by atoms with E-state index in [0.29, 0.717) is 34.4 Å². The maximum absolute atomic E-state index is 13.0. The predicted molar refractivity (Wildman–Crippen MR) is 151 cm³/mol. The standard InChI is InChI=1S/C29H27ClN2O5S/c1-4-36-25-14-20(9-10-24(25)37-17-21-7-5-6-8-23(21)30)15-26-28(34)32(29(35)38-26)16-27(33)31-22-12-18(2)11-19(3)13-22/h5-15H,4,16-17H2,1-3H3,(H,31,33)/b26-15+. The minimum Gasteiger partial charge on any atom is -0.490 e. The highest BCUT2D eigenvalue weighted by atomic mass is 35.5. The molecule has 3 aromatic carbocycles. The van der Waals surface area contributed by atoms with E-state index in [4.69, 9.17) is 21.1 Å². The summed E-state index contributed by atoms with van der Waals surface area (Å²) in [5.41, 5.74) is 4.12. The van der Waals surface area contributed by atoms with Crippen molar-refractivity contribution in [3.8, 4) is 11.5 Å². The molecule has 196 valence electrons. The van der Waals surface area contributed by atoms with Crippen LogP contribution in [0.15, 0.2) is 65.6 Å². The molecule has 0 bridgehead atoms. The third-order valence-electron chi connectivity index (χ3n) is 5.59. The second-order valence-electron chi connectivity index (χ2n) is 8.71. The first kappa shape index (κ1) is 27.3. The van der Waals surface area contributed by atoms with Crippen molar-refractivity contribution in [2.45, 2.75) is 27.4 Å². The van der Waals surface area contributed by atoms with Crippen LogP contribution in [-0.4, -0.2) is 35.1 Å². The fraction of sp³-hybridized carbons (Fsp3) is 0.207. The summed E-state index contributed by atoms with van der Waals surface area (Å²) >= 11 is 7.02. The van der Waals surface area contributed by atoms with Crippen molar-refractivity contribution in [1.29, 1.82) is 0 Å². The van der Waals surface area contributed by atoms with Crippen LogP contribution in [0.4, 0.5) is 10.5 Å². The molecule has 1 N–H and O–H groups in total. The average molecular weight is 551 g/mol. The molecule has 1 saturated heterocycles. The summed E-state index contributed by atoms with van der Waals surface area (Å²) < 4.78 is 11.7. The Morgan fingerprint density at radius 1 is 1.00 bits per heavy atom. The summed E-state index contributed by atoms with van der Waals surface area (Å²) in [6, 6.07) is 18.3. The smallest absolute Gasteiger partial charge is 0.294 e. The highest BCUT2D eigenvalue weighted by Crippen LogP contribution is 2.35. The van der Waals surface area contributed by atoms with E-state index in [1.165, 1.54) is 0 Å². The Labute approximate surface area is 230 Å². The zero-order chi connectivity index (χ0) is 27.2. The van der Waals surface area contributed by atoms with Crippen molar-refractivity contribution in [1.82, 2.24) is 4.90 Å². The minimum atomic E-state index is -0.521. The van der Waals surface area contributed by atoms with Gasteiger partial charge in [0.2, 0.25) is 5.91 Å². The number of benzene rings is 3. The minimum absolute atomic E-state index is 0.224. The van der Waals surface area contributed by atoms with E-state index in [1.807, 2.05) is 57.2 Å². The Bertz CT molecular complexity index is 1400. The largest absolute Gasteiger partial charge is 0.490 e. The molecular formula is C29H27ClN2O5S. The molecule has 1 heterocycles. The van der Waals surface area contributed by atoms with Gasteiger partial charge in [0.15, 0.2) is 11.5 Å². The lowest BCUT2D eigenvalue weighted by molar-refractivity contribution is -0.127. The first-order chi connectivity index (χ1) is 18.2. The summed E-state index contributed by atoms with van der Waals surface area (Å²) in [5, 5.41) is 2.87. The van der Waals surface area contributed by atoms with Crippen LogP contribution in [0.3, 0.4) is 0 Å². The van der Waals surface area contributed by atoms with Crippen molar-refractivity contribution >= 4 is 52.2 Å². The Hall–Kier alpha value is -3.75. The summed E-state index contributed by atoms with van der Waals surface area (Å²) in [5.74, 6) is 0.0604. The molecule has 0 aromatic heterocycles. The first-order valence-electron chi connectivity index (χ1n) is 12.0. The van der Waals surface area contributed by atoms with Gasteiger partial charge in [0.1, 0.15) is 13.2 Å². The highest BCUT2D eigenvalue weighted by molar-refractivity contribution is 8.18. The van der Waals surface area contributed by atoms with Gasteiger partial charge in [-0.25, -0.2) is 0 Å². The summed E-state index contributed by atoms with van der Waals surface area (Å²) in [6.45, 7) is 6.03. The number of aryl methyl sites for hydroxylation is 2. The second kappa shape index (κ2) is 12.2. The zero-order valence-corrected chi connectivity index (χ0v) is 22.8. The lowest BCUT2D eigenvalue weighted by atomic mass is 10.1. The van der Waals surface area contributed by atoms with Gasteiger partial charge in [-0.15, -0.1) is 0 Å². The molecule has 4 rings (SSSR count). The number of nitrogens with one attached hydrogen (secondary N) is 1. The van der Waals surface area contributed by atoms with Gasteiger partial charge >= 0.3 is 0 Å². The third kappa shape index (κ3) is 6.76. The van der Waals surface area contributed by atoms with Crippen LogP contribution >= 0.6 is 23.4 Å². The normalized spacial score (nSPS) is 14.2.